The fourth-order valence-corrected chi connectivity index (χ4v) is 6.01. The molecule has 0 amide bonds. The molecule has 2 fully saturated rings. The van der Waals surface area contributed by atoms with E-state index in [-0.39, 0.29) is 18.6 Å². The number of anilines is 2. The van der Waals surface area contributed by atoms with Gasteiger partial charge in [-0.1, -0.05) is 13.3 Å². The van der Waals surface area contributed by atoms with Gasteiger partial charge in [-0.05, 0) is 51.6 Å². The van der Waals surface area contributed by atoms with Gasteiger partial charge in [-0.15, -0.1) is 0 Å². The van der Waals surface area contributed by atoms with Crippen LogP contribution in [0.5, 0.6) is 5.75 Å². The highest BCUT2D eigenvalue weighted by molar-refractivity contribution is 5.86. The summed E-state index contributed by atoms with van der Waals surface area (Å²) < 4.78 is 13.2. The van der Waals surface area contributed by atoms with E-state index in [9.17, 15) is 5.11 Å². The molecule has 2 saturated heterocycles. The highest BCUT2D eigenvalue weighted by Gasteiger charge is 2.28. The standard InChI is InChI=1S/C28H42N8O3/c1-3-4-21(7-12-37)32-27-26-24(33-28(29)34-27)17-31-36(26)18-20-16-30-23(15-25(20)38-2)19-5-10-35(11-6-19)22-8-13-39-14-9-22/h15-17,19,21-22,37H,3-14,18H2,1-2H3,(H3,29,32,33,34). The van der Waals surface area contributed by atoms with Crippen molar-refractivity contribution in [1.29, 1.82) is 0 Å². The van der Waals surface area contributed by atoms with Crippen LogP contribution in [0, 0.1) is 0 Å². The van der Waals surface area contributed by atoms with E-state index in [2.05, 4.69) is 38.3 Å². The minimum Gasteiger partial charge on any atom is -0.496 e. The number of hydrogen-bond donors (Lipinski definition) is 3. The molecule has 5 rings (SSSR count). The van der Waals surface area contributed by atoms with Gasteiger partial charge >= 0.3 is 0 Å². The van der Waals surface area contributed by atoms with Crippen molar-refractivity contribution >= 4 is 22.8 Å². The van der Waals surface area contributed by atoms with E-state index in [1.807, 2.05) is 10.9 Å². The lowest BCUT2D eigenvalue weighted by atomic mass is 9.91. The summed E-state index contributed by atoms with van der Waals surface area (Å²) in [6, 6.07) is 2.84. The molecule has 2 aliphatic rings. The van der Waals surface area contributed by atoms with Gasteiger partial charge in [0.1, 0.15) is 16.8 Å². The number of piperidine rings is 1. The lowest BCUT2D eigenvalue weighted by Crippen LogP contribution is -2.43. The minimum absolute atomic E-state index is 0.0780. The molecule has 212 valence electrons. The van der Waals surface area contributed by atoms with Crippen LogP contribution in [0.1, 0.15) is 69.0 Å². The van der Waals surface area contributed by atoms with Crippen molar-refractivity contribution < 1.29 is 14.6 Å². The fraction of sp³-hybridized carbons (Fsp3) is 0.643. The Morgan fingerprint density at radius 3 is 2.67 bits per heavy atom. The number of ether oxygens (including phenoxy) is 2. The number of nitrogens with one attached hydrogen (secondary N) is 1. The van der Waals surface area contributed by atoms with Crippen LogP contribution in [0.15, 0.2) is 18.5 Å². The molecule has 2 aliphatic heterocycles. The number of aliphatic hydroxyl groups excluding tert-OH is 1. The summed E-state index contributed by atoms with van der Waals surface area (Å²) in [5.74, 6) is 2.06. The van der Waals surface area contributed by atoms with Gasteiger partial charge in [0.25, 0.3) is 0 Å². The molecular weight excluding hydrogens is 496 g/mol. The maximum absolute atomic E-state index is 9.52. The van der Waals surface area contributed by atoms with E-state index in [4.69, 9.17) is 20.2 Å². The molecule has 5 heterocycles. The van der Waals surface area contributed by atoms with Crippen molar-refractivity contribution in [2.45, 2.75) is 76.4 Å². The Labute approximate surface area is 230 Å². The molecule has 11 heteroatoms. The first-order valence-corrected chi connectivity index (χ1v) is 14.3. The minimum atomic E-state index is 0.0780. The number of fused-ring (bicyclic) bond motifs is 1. The van der Waals surface area contributed by atoms with Crippen molar-refractivity contribution in [3.63, 3.8) is 0 Å². The second-order valence-corrected chi connectivity index (χ2v) is 10.7. The van der Waals surface area contributed by atoms with Crippen LogP contribution in [0.2, 0.25) is 0 Å². The first-order valence-electron chi connectivity index (χ1n) is 14.3. The number of aliphatic hydroxyl groups is 1. The predicted octanol–water partition coefficient (Wildman–Crippen LogP) is 3.18. The number of rotatable bonds is 11. The number of nitrogens with zero attached hydrogens (tertiary/aromatic N) is 6. The zero-order valence-corrected chi connectivity index (χ0v) is 23.2. The SMILES string of the molecule is CCCC(CCO)Nc1nc(N)nc2cnn(Cc3cnc(C4CCN(C5CCOCC5)CC4)cc3OC)c12. The Hall–Kier alpha value is -3.02. The van der Waals surface area contributed by atoms with Gasteiger partial charge in [0, 0.05) is 61.3 Å². The molecule has 0 radical (unpaired) electrons. The Morgan fingerprint density at radius 2 is 1.95 bits per heavy atom. The first-order chi connectivity index (χ1) is 19.1. The Morgan fingerprint density at radius 1 is 1.15 bits per heavy atom. The van der Waals surface area contributed by atoms with E-state index < -0.39 is 0 Å². The molecule has 0 spiro atoms. The number of aromatic nitrogens is 5. The first kappa shape index (κ1) is 27.5. The van der Waals surface area contributed by atoms with Crippen LogP contribution >= 0.6 is 0 Å². The van der Waals surface area contributed by atoms with Gasteiger partial charge in [-0.25, -0.2) is 4.98 Å². The van der Waals surface area contributed by atoms with Crippen LogP contribution in [0.4, 0.5) is 11.8 Å². The molecule has 39 heavy (non-hydrogen) atoms. The maximum Gasteiger partial charge on any atom is 0.222 e. The number of methoxy groups -OCH3 is 1. The molecule has 3 aromatic heterocycles. The average molecular weight is 539 g/mol. The second kappa shape index (κ2) is 12.9. The largest absolute Gasteiger partial charge is 0.496 e. The molecule has 1 atom stereocenters. The number of nitrogens with two attached hydrogens (primary N) is 1. The van der Waals surface area contributed by atoms with E-state index in [1.54, 1.807) is 13.3 Å². The molecule has 0 bridgehead atoms. The Bertz CT molecular complexity index is 1210. The molecule has 0 aliphatic carbocycles. The monoisotopic (exact) mass is 538 g/mol. The summed E-state index contributed by atoms with van der Waals surface area (Å²) in [6.07, 6.45) is 10.7. The average Bonchev–Trinajstić information content (AvgIpc) is 3.36. The van der Waals surface area contributed by atoms with E-state index >= 15 is 0 Å². The van der Waals surface area contributed by atoms with Crippen LogP contribution in [-0.2, 0) is 11.3 Å². The summed E-state index contributed by atoms with van der Waals surface area (Å²) in [5, 5.41) is 17.6. The third kappa shape index (κ3) is 6.42. The van der Waals surface area contributed by atoms with E-state index in [0.717, 1.165) is 87.4 Å². The van der Waals surface area contributed by atoms with Gasteiger partial charge in [-0.3, -0.25) is 9.67 Å². The summed E-state index contributed by atoms with van der Waals surface area (Å²) in [6.45, 7) is 6.67. The number of nitrogen functional groups attached to an aromatic ring is 1. The maximum atomic E-state index is 9.52. The van der Waals surface area contributed by atoms with Crippen molar-refractivity contribution in [3.05, 3.63) is 29.7 Å². The zero-order chi connectivity index (χ0) is 27.2. The van der Waals surface area contributed by atoms with Crippen molar-refractivity contribution in [2.75, 3.05) is 51.1 Å². The van der Waals surface area contributed by atoms with Crippen LogP contribution in [0.3, 0.4) is 0 Å². The lowest BCUT2D eigenvalue weighted by molar-refractivity contribution is 0.0250. The zero-order valence-electron chi connectivity index (χ0n) is 23.2. The Kier molecular flexibility index (Phi) is 9.10. The quantitative estimate of drug-likeness (QED) is 0.334. The van der Waals surface area contributed by atoms with Crippen molar-refractivity contribution in [3.8, 4) is 5.75 Å². The highest BCUT2D eigenvalue weighted by atomic mass is 16.5. The fourth-order valence-electron chi connectivity index (χ4n) is 6.01. The topological polar surface area (TPSA) is 136 Å². The van der Waals surface area contributed by atoms with Crippen LogP contribution in [0.25, 0.3) is 11.0 Å². The van der Waals surface area contributed by atoms with Gasteiger partial charge < -0.3 is 30.5 Å². The third-order valence-electron chi connectivity index (χ3n) is 8.12. The van der Waals surface area contributed by atoms with Crippen molar-refractivity contribution in [1.82, 2.24) is 29.6 Å². The molecule has 11 nitrogen and oxygen atoms in total. The van der Waals surface area contributed by atoms with Gasteiger partial charge in [0.15, 0.2) is 5.82 Å². The summed E-state index contributed by atoms with van der Waals surface area (Å²) in [5.41, 5.74) is 9.48. The van der Waals surface area contributed by atoms with Crippen molar-refractivity contribution in [2.24, 2.45) is 0 Å². The number of pyridine rings is 1. The molecule has 1 unspecified atom stereocenters. The number of likely N-dealkylation sites (tertiary alicyclic amines) is 1. The molecule has 0 saturated carbocycles. The van der Waals surface area contributed by atoms with Crippen LogP contribution < -0.4 is 15.8 Å². The van der Waals surface area contributed by atoms with Gasteiger partial charge in [0.05, 0.1) is 19.9 Å². The summed E-state index contributed by atoms with van der Waals surface area (Å²) in [4.78, 5) is 16.4. The lowest BCUT2D eigenvalue weighted by Gasteiger charge is -2.39. The van der Waals surface area contributed by atoms with E-state index in [1.165, 1.54) is 0 Å². The van der Waals surface area contributed by atoms with E-state index in [0.29, 0.717) is 36.3 Å². The smallest absolute Gasteiger partial charge is 0.222 e. The predicted molar refractivity (Wildman–Crippen MR) is 151 cm³/mol. The normalized spacial score (nSPS) is 18.4. The number of hydrogen-bond acceptors (Lipinski definition) is 10. The second-order valence-electron chi connectivity index (χ2n) is 10.7. The molecule has 3 aromatic rings. The molecule has 4 N–H and O–H groups in total. The molecular formula is C28H42N8O3. The van der Waals surface area contributed by atoms with Gasteiger partial charge in [-0.2, -0.15) is 10.1 Å². The van der Waals surface area contributed by atoms with Gasteiger partial charge in [0.2, 0.25) is 5.95 Å². The summed E-state index contributed by atoms with van der Waals surface area (Å²) >= 11 is 0. The third-order valence-corrected chi connectivity index (χ3v) is 8.12. The highest BCUT2D eigenvalue weighted by Crippen LogP contribution is 2.33. The van der Waals surface area contributed by atoms with Crippen LogP contribution in [-0.4, -0.2) is 86.8 Å². The Balaban J connectivity index is 1.33. The molecule has 0 aromatic carbocycles. The summed E-state index contributed by atoms with van der Waals surface area (Å²) in [7, 11) is 1.71.